The highest BCUT2D eigenvalue weighted by atomic mass is 16.4. The van der Waals surface area contributed by atoms with Crippen molar-refractivity contribution in [3.8, 4) is 0 Å². The van der Waals surface area contributed by atoms with E-state index in [9.17, 15) is 4.79 Å². The van der Waals surface area contributed by atoms with Crippen molar-refractivity contribution in [3.63, 3.8) is 0 Å². The van der Waals surface area contributed by atoms with Crippen LogP contribution in [0, 0.1) is 12.3 Å². The van der Waals surface area contributed by atoms with Gasteiger partial charge in [0.05, 0.1) is 11.1 Å². The van der Waals surface area contributed by atoms with E-state index in [0.717, 1.165) is 18.1 Å². The van der Waals surface area contributed by atoms with E-state index in [1.807, 2.05) is 13.0 Å². The fourth-order valence-electron chi connectivity index (χ4n) is 2.19. The van der Waals surface area contributed by atoms with Crippen LogP contribution < -0.4 is 0 Å². The zero-order valence-corrected chi connectivity index (χ0v) is 10.2. The Morgan fingerprint density at radius 2 is 2.41 bits per heavy atom. The molecular weight excluding hydrogens is 218 g/mol. The summed E-state index contributed by atoms with van der Waals surface area (Å²) in [4.78, 5) is 21.6. The molecular formula is C12H17N3O2. The van der Waals surface area contributed by atoms with Crippen LogP contribution in [0.25, 0.3) is 0 Å². The van der Waals surface area contributed by atoms with Gasteiger partial charge in [-0.25, -0.2) is 9.97 Å². The molecule has 1 fully saturated rings. The van der Waals surface area contributed by atoms with Gasteiger partial charge in [-0.05, 0) is 32.9 Å². The summed E-state index contributed by atoms with van der Waals surface area (Å²) >= 11 is 0. The van der Waals surface area contributed by atoms with Gasteiger partial charge in [0.15, 0.2) is 0 Å². The minimum atomic E-state index is -0.709. The number of carbonyl (C=O) groups is 1. The number of rotatable bonds is 3. The molecule has 0 aromatic carbocycles. The monoisotopic (exact) mass is 235 g/mol. The smallest absolute Gasteiger partial charge is 0.310 e. The van der Waals surface area contributed by atoms with Crippen LogP contribution in [0.15, 0.2) is 12.3 Å². The van der Waals surface area contributed by atoms with Gasteiger partial charge in [0.25, 0.3) is 0 Å². The van der Waals surface area contributed by atoms with Crippen molar-refractivity contribution in [2.45, 2.75) is 26.8 Å². The Bertz CT molecular complexity index is 436. The van der Waals surface area contributed by atoms with Crippen LogP contribution in [0.2, 0.25) is 0 Å². The lowest BCUT2D eigenvalue weighted by atomic mass is 9.90. The van der Waals surface area contributed by atoms with Gasteiger partial charge in [-0.1, -0.05) is 0 Å². The zero-order chi connectivity index (χ0) is 12.5. The van der Waals surface area contributed by atoms with Crippen LogP contribution in [0.1, 0.15) is 24.9 Å². The van der Waals surface area contributed by atoms with Gasteiger partial charge < -0.3 is 5.11 Å². The third-order valence-corrected chi connectivity index (χ3v) is 3.29. The molecule has 1 aliphatic rings. The molecule has 1 aromatic heterocycles. The maximum Gasteiger partial charge on any atom is 0.310 e. The number of likely N-dealkylation sites (tertiary alicyclic amines) is 1. The van der Waals surface area contributed by atoms with Crippen molar-refractivity contribution in [2.75, 3.05) is 13.1 Å². The van der Waals surface area contributed by atoms with E-state index in [2.05, 4.69) is 14.9 Å². The Labute approximate surface area is 100 Å². The molecule has 92 valence electrons. The summed E-state index contributed by atoms with van der Waals surface area (Å²) in [5, 5.41) is 9.15. The summed E-state index contributed by atoms with van der Waals surface area (Å²) < 4.78 is 0. The lowest BCUT2D eigenvalue weighted by Crippen LogP contribution is -2.31. The molecule has 1 saturated heterocycles. The molecule has 0 spiro atoms. The first kappa shape index (κ1) is 12.0. The first-order valence-corrected chi connectivity index (χ1v) is 5.74. The topological polar surface area (TPSA) is 66.3 Å². The SMILES string of the molecule is Cc1nccc(CN2CCC(C)(C(=O)O)C2)n1. The largest absolute Gasteiger partial charge is 0.481 e. The van der Waals surface area contributed by atoms with E-state index in [0.29, 0.717) is 19.5 Å². The normalized spacial score (nSPS) is 25.1. The van der Waals surface area contributed by atoms with E-state index < -0.39 is 11.4 Å². The van der Waals surface area contributed by atoms with Crippen LogP contribution in [0.5, 0.6) is 0 Å². The highest BCUT2D eigenvalue weighted by molar-refractivity contribution is 5.74. The molecule has 1 aromatic rings. The van der Waals surface area contributed by atoms with Crippen LogP contribution in [0.4, 0.5) is 0 Å². The maximum atomic E-state index is 11.1. The molecule has 2 heterocycles. The summed E-state index contributed by atoms with van der Waals surface area (Å²) in [6.07, 6.45) is 2.44. The molecule has 1 unspecified atom stereocenters. The Hall–Kier alpha value is -1.49. The zero-order valence-electron chi connectivity index (χ0n) is 10.2. The molecule has 0 amide bonds. The molecule has 2 rings (SSSR count). The van der Waals surface area contributed by atoms with E-state index in [1.54, 1.807) is 13.1 Å². The third kappa shape index (κ3) is 2.61. The van der Waals surface area contributed by atoms with Crippen molar-refractivity contribution in [1.82, 2.24) is 14.9 Å². The van der Waals surface area contributed by atoms with Gasteiger partial charge in [-0.3, -0.25) is 9.69 Å². The van der Waals surface area contributed by atoms with Gasteiger partial charge in [0.2, 0.25) is 0 Å². The number of hydrogen-bond acceptors (Lipinski definition) is 4. The second-order valence-electron chi connectivity index (χ2n) is 4.92. The van der Waals surface area contributed by atoms with Gasteiger partial charge >= 0.3 is 5.97 Å². The van der Waals surface area contributed by atoms with Crippen molar-refractivity contribution in [2.24, 2.45) is 5.41 Å². The first-order chi connectivity index (χ1) is 7.99. The van der Waals surface area contributed by atoms with Crippen molar-refractivity contribution < 1.29 is 9.90 Å². The van der Waals surface area contributed by atoms with Crippen LogP contribution in [-0.2, 0) is 11.3 Å². The van der Waals surface area contributed by atoms with Crippen LogP contribution in [-0.4, -0.2) is 39.0 Å². The van der Waals surface area contributed by atoms with Crippen molar-refractivity contribution in [1.29, 1.82) is 0 Å². The first-order valence-electron chi connectivity index (χ1n) is 5.74. The molecule has 5 heteroatoms. The van der Waals surface area contributed by atoms with Crippen molar-refractivity contribution >= 4 is 5.97 Å². The number of nitrogens with zero attached hydrogens (tertiary/aromatic N) is 3. The predicted octanol–water partition coefficient (Wildman–Crippen LogP) is 1.08. The Kier molecular flexibility index (Phi) is 3.11. The number of carboxylic acids is 1. The highest BCUT2D eigenvalue weighted by Crippen LogP contribution is 2.30. The molecule has 0 radical (unpaired) electrons. The second-order valence-corrected chi connectivity index (χ2v) is 4.92. The van der Waals surface area contributed by atoms with Gasteiger partial charge in [0.1, 0.15) is 5.82 Å². The molecule has 0 bridgehead atoms. The number of aryl methyl sites for hydroxylation is 1. The molecule has 17 heavy (non-hydrogen) atoms. The van der Waals surface area contributed by atoms with Gasteiger partial charge in [-0.15, -0.1) is 0 Å². The highest BCUT2D eigenvalue weighted by Gasteiger charge is 2.40. The average Bonchev–Trinajstić information content (AvgIpc) is 2.61. The van der Waals surface area contributed by atoms with Gasteiger partial charge in [-0.2, -0.15) is 0 Å². The molecule has 1 aliphatic heterocycles. The quantitative estimate of drug-likeness (QED) is 0.849. The maximum absolute atomic E-state index is 11.1. The fourth-order valence-corrected chi connectivity index (χ4v) is 2.19. The summed E-state index contributed by atoms with van der Waals surface area (Å²) in [7, 11) is 0. The number of hydrogen-bond donors (Lipinski definition) is 1. The molecule has 0 aliphatic carbocycles. The molecule has 0 saturated carbocycles. The minimum Gasteiger partial charge on any atom is -0.481 e. The fraction of sp³-hybridized carbons (Fsp3) is 0.583. The molecule has 1 atom stereocenters. The third-order valence-electron chi connectivity index (χ3n) is 3.29. The van der Waals surface area contributed by atoms with Gasteiger partial charge in [0, 0.05) is 19.3 Å². The van der Waals surface area contributed by atoms with E-state index in [4.69, 9.17) is 5.11 Å². The number of aromatic nitrogens is 2. The van der Waals surface area contributed by atoms with E-state index in [-0.39, 0.29) is 0 Å². The van der Waals surface area contributed by atoms with Crippen LogP contribution in [0.3, 0.4) is 0 Å². The van der Waals surface area contributed by atoms with Crippen molar-refractivity contribution in [3.05, 3.63) is 23.8 Å². The average molecular weight is 235 g/mol. The van der Waals surface area contributed by atoms with Crippen LogP contribution >= 0.6 is 0 Å². The number of carboxylic acid groups (broad SMARTS) is 1. The standard InChI is InChI=1S/C12H17N3O2/c1-9-13-5-3-10(14-9)7-15-6-4-12(2,8-15)11(16)17/h3,5H,4,6-8H2,1-2H3,(H,16,17). The molecule has 5 nitrogen and oxygen atoms in total. The lowest BCUT2D eigenvalue weighted by Gasteiger charge is -2.19. The Morgan fingerprint density at radius 1 is 1.65 bits per heavy atom. The Morgan fingerprint density at radius 3 is 3.00 bits per heavy atom. The Balaban J connectivity index is 2.01. The summed E-state index contributed by atoms with van der Waals surface area (Å²) in [6.45, 7) is 5.76. The molecule has 1 N–H and O–H groups in total. The number of aliphatic carboxylic acids is 1. The summed E-state index contributed by atoms with van der Waals surface area (Å²) in [6, 6.07) is 1.88. The lowest BCUT2D eigenvalue weighted by molar-refractivity contribution is -0.147. The minimum absolute atomic E-state index is 0.589. The summed E-state index contributed by atoms with van der Waals surface area (Å²) in [5.41, 5.74) is 0.342. The summed E-state index contributed by atoms with van der Waals surface area (Å²) in [5.74, 6) is 0.0431. The van der Waals surface area contributed by atoms with E-state index >= 15 is 0 Å². The van der Waals surface area contributed by atoms with E-state index in [1.165, 1.54) is 0 Å². The predicted molar refractivity (Wildman–Crippen MR) is 62.4 cm³/mol. The second kappa shape index (κ2) is 4.41.